The van der Waals surface area contributed by atoms with E-state index < -0.39 is 5.91 Å². The zero-order valence-electron chi connectivity index (χ0n) is 15.1. The van der Waals surface area contributed by atoms with Crippen LogP contribution < -0.4 is 15.5 Å². The topological polar surface area (TPSA) is 84.1 Å². The van der Waals surface area contributed by atoms with E-state index in [9.17, 15) is 9.59 Å². The summed E-state index contributed by atoms with van der Waals surface area (Å²) in [6.07, 6.45) is 1.40. The van der Waals surface area contributed by atoms with Crippen molar-refractivity contribution in [3.05, 3.63) is 87.8 Å². The molecule has 4 rings (SSSR count). The highest BCUT2D eigenvalue weighted by Gasteiger charge is 2.13. The number of carbonyl (C=O) groups is 1. The average Bonchev–Trinajstić information content (AvgIpc) is 3.09. The number of hydrogen-bond donors (Lipinski definition) is 2. The highest BCUT2D eigenvalue weighted by Crippen LogP contribution is 2.26. The molecule has 0 unspecified atom stereocenters. The van der Waals surface area contributed by atoms with Gasteiger partial charge in [-0.15, -0.1) is 0 Å². The van der Waals surface area contributed by atoms with Gasteiger partial charge in [-0.1, -0.05) is 47.7 Å². The Bertz CT molecular complexity index is 1200. The largest absolute Gasteiger partial charge is 0.483 e. The number of ether oxygens (including phenoxy) is 1. The molecule has 0 fully saturated rings. The van der Waals surface area contributed by atoms with Gasteiger partial charge in [0, 0.05) is 12.3 Å². The predicted octanol–water partition coefficient (Wildman–Crippen LogP) is 4.12. The maximum atomic E-state index is 12.4. The first kappa shape index (κ1) is 17.9. The first-order chi connectivity index (χ1) is 13.6. The molecule has 2 N–H and O–H groups in total. The third-order valence-corrected chi connectivity index (χ3v) is 5.06. The molecular weight excluding hydrogens is 374 g/mol. The maximum Gasteiger partial charge on any atom is 0.273 e. The van der Waals surface area contributed by atoms with Crippen LogP contribution >= 0.6 is 11.3 Å². The number of pyridine rings is 1. The number of nitrogens with one attached hydrogen (secondary N) is 2. The molecule has 0 atom stereocenters. The second-order valence-electron chi connectivity index (χ2n) is 6.29. The Morgan fingerprint density at radius 2 is 2.00 bits per heavy atom. The van der Waals surface area contributed by atoms with Crippen molar-refractivity contribution in [1.82, 2.24) is 9.97 Å². The Labute approximate surface area is 164 Å². The standard InChI is InChI=1S/C21H17N3O3S/c1-13-7-8-15-19(9-13)28-21(23-15)24-20(26)16-10-17(25)18(11-22-16)27-12-14-5-3-2-4-6-14/h2-11H,12H2,1H3,(H,22,25)(H,23,24,26). The summed E-state index contributed by atoms with van der Waals surface area (Å²) in [5.41, 5.74) is 2.69. The molecule has 0 aliphatic carbocycles. The summed E-state index contributed by atoms with van der Waals surface area (Å²) in [6, 6.07) is 16.7. The van der Waals surface area contributed by atoms with E-state index in [1.165, 1.54) is 23.6 Å². The smallest absolute Gasteiger partial charge is 0.273 e. The number of carbonyl (C=O) groups excluding carboxylic acids is 1. The van der Waals surface area contributed by atoms with E-state index in [2.05, 4.69) is 15.3 Å². The molecule has 2 aromatic carbocycles. The molecule has 2 heterocycles. The van der Waals surface area contributed by atoms with Crippen molar-refractivity contribution in [3.8, 4) is 5.75 Å². The van der Waals surface area contributed by atoms with Crippen molar-refractivity contribution in [3.63, 3.8) is 0 Å². The van der Waals surface area contributed by atoms with Crippen molar-refractivity contribution in [2.24, 2.45) is 0 Å². The van der Waals surface area contributed by atoms with Crippen molar-refractivity contribution in [2.75, 3.05) is 5.32 Å². The monoisotopic (exact) mass is 391 g/mol. The maximum absolute atomic E-state index is 12.4. The van der Waals surface area contributed by atoms with Gasteiger partial charge in [0.25, 0.3) is 5.91 Å². The Hall–Kier alpha value is -3.45. The summed E-state index contributed by atoms with van der Waals surface area (Å²) in [4.78, 5) is 31.9. The fourth-order valence-corrected chi connectivity index (χ4v) is 3.65. The Morgan fingerprint density at radius 1 is 1.18 bits per heavy atom. The van der Waals surface area contributed by atoms with Gasteiger partial charge >= 0.3 is 0 Å². The van der Waals surface area contributed by atoms with Crippen molar-refractivity contribution < 1.29 is 9.53 Å². The molecule has 1 amide bonds. The number of nitrogens with zero attached hydrogens (tertiary/aromatic N) is 1. The van der Waals surface area contributed by atoms with E-state index >= 15 is 0 Å². The lowest BCUT2D eigenvalue weighted by molar-refractivity contribution is 0.102. The molecule has 4 aromatic rings. The minimum Gasteiger partial charge on any atom is -0.483 e. The number of aromatic amines is 1. The van der Waals surface area contributed by atoms with Gasteiger partial charge in [-0.05, 0) is 30.2 Å². The molecule has 0 spiro atoms. The highest BCUT2D eigenvalue weighted by atomic mass is 32.1. The van der Waals surface area contributed by atoms with Gasteiger partial charge in [0.2, 0.25) is 5.43 Å². The van der Waals surface area contributed by atoms with Gasteiger partial charge in [0.15, 0.2) is 10.9 Å². The number of thiazole rings is 1. The van der Waals surface area contributed by atoms with E-state index in [4.69, 9.17) is 4.74 Å². The van der Waals surface area contributed by atoms with Crippen LogP contribution in [0.1, 0.15) is 21.6 Å². The molecular formula is C21H17N3O3S. The third-order valence-electron chi connectivity index (χ3n) is 4.12. The highest BCUT2D eigenvalue weighted by molar-refractivity contribution is 7.22. The summed E-state index contributed by atoms with van der Waals surface area (Å²) in [6.45, 7) is 2.28. The molecule has 7 heteroatoms. The summed E-state index contributed by atoms with van der Waals surface area (Å²) < 4.78 is 6.54. The molecule has 140 valence electrons. The number of amides is 1. The average molecular weight is 391 g/mol. The zero-order valence-corrected chi connectivity index (χ0v) is 15.9. The molecule has 0 aliphatic rings. The van der Waals surface area contributed by atoms with Crippen LogP contribution in [-0.2, 0) is 6.61 Å². The fraction of sp³-hybridized carbons (Fsp3) is 0.0952. The molecule has 6 nitrogen and oxygen atoms in total. The molecule has 0 bridgehead atoms. The summed E-state index contributed by atoms with van der Waals surface area (Å²) >= 11 is 1.39. The van der Waals surface area contributed by atoms with E-state index in [1.807, 2.05) is 55.5 Å². The Balaban J connectivity index is 1.46. The molecule has 0 saturated heterocycles. The van der Waals surface area contributed by atoms with Crippen molar-refractivity contribution in [1.29, 1.82) is 0 Å². The van der Waals surface area contributed by atoms with Crippen LogP contribution in [0, 0.1) is 6.92 Å². The Morgan fingerprint density at radius 3 is 2.79 bits per heavy atom. The van der Waals surface area contributed by atoms with Crippen LogP contribution in [0.5, 0.6) is 5.75 Å². The number of anilines is 1. The lowest BCUT2D eigenvalue weighted by Gasteiger charge is -2.07. The summed E-state index contributed by atoms with van der Waals surface area (Å²) in [5, 5.41) is 3.21. The second kappa shape index (κ2) is 7.66. The number of H-pyrrole nitrogens is 1. The van der Waals surface area contributed by atoms with Crippen LogP contribution in [0.25, 0.3) is 10.2 Å². The first-order valence-corrected chi connectivity index (χ1v) is 9.48. The predicted molar refractivity (Wildman–Crippen MR) is 110 cm³/mol. The lowest BCUT2D eigenvalue weighted by atomic mass is 10.2. The molecule has 28 heavy (non-hydrogen) atoms. The minimum absolute atomic E-state index is 0.146. The van der Waals surface area contributed by atoms with E-state index in [0.717, 1.165) is 21.3 Å². The van der Waals surface area contributed by atoms with Crippen LogP contribution in [0.3, 0.4) is 0 Å². The van der Waals surface area contributed by atoms with Gasteiger partial charge in [0.05, 0.1) is 10.2 Å². The van der Waals surface area contributed by atoms with Crippen LogP contribution in [0.2, 0.25) is 0 Å². The quantitative estimate of drug-likeness (QED) is 0.536. The number of aryl methyl sites for hydroxylation is 1. The molecule has 0 saturated carbocycles. The van der Waals surface area contributed by atoms with Crippen molar-refractivity contribution in [2.45, 2.75) is 13.5 Å². The van der Waals surface area contributed by atoms with E-state index in [-0.39, 0.29) is 23.5 Å². The first-order valence-electron chi connectivity index (χ1n) is 8.66. The van der Waals surface area contributed by atoms with Crippen molar-refractivity contribution >= 4 is 32.6 Å². The van der Waals surface area contributed by atoms with Crippen LogP contribution in [-0.4, -0.2) is 15.9 Å². The summed E-state index contributed by atoms with van der Waals surface area (Å²) in [7, 11) is 0. The third kappa shape index (κ3) is 3.94. The van der Waals surface area contributed by atoms with Crippen LogP contribution in [0.4, 0.5) is 5.13 Å². The number of rotatable bonds is 5. The van der Waals surface area contributed by atoms with E-state index in [0.29, 0.717) is 5.13 Å². The summed E-state index contributed by atoms with van der Waals surface area (Å²) in [5.74, 6) is -0.265. The molecule has 0 radical (unpaired) electrons. The van der Waals surface area contributed by atoms with Gasteiger partial charge in [-0.25, -0.2) is 4.98 Å². The normalized spacial score (nSPS) is 10.8. The number of aromatic nitrogens is 2. The van der Waals surface area contributed by atoms with Gasteiger partial charge in [-0.3, -0.25) is 14.9 Å². The van der Waals surface area contributed by atoms with Gasteiger partial charge < -0.3 is 9.72 Å². The fourth-order valence-electron chi connectivity index (χ4n) is 2.69. The SMILES string of the molecule is Cc1ccc2nc(NC(=O)c3cc(=O)c(OCc4ccccc4)c[nH]3)sc2c1. The number of benzene rings is 2. The second-order valence-corrected chi connectivity index (χ2v) is 7.32. The zero-order chi connectivity index (χ0) is 19.5. The van der Waals surface area contributed by atoms with Crippen LogP contribution in [0.15, 0.2) is 65.6 Å². The van der Waals surface area contributed by atoms with Gasteiger partial charge in [0.1, 0.15) is 12.3 Å². The number of fused-ring (bicyclic) bond motifs is 1. The van der Waals surface area contributed by atoms with E-state index in [1.54, 1.807) is 0 Å². The number of hydrogen-bond acceptors (Lipinski definition) is 5. The minimum atomic E-state index is -0.428. The van der Waals surface area contributed by atoms with Gasteiger partial charge in [-0.2, -0.15) is 0 Å². The molecule has 2 aromatic heterocycles. The molecule has 0 aliphatic heterocycles. The lowest BCUT2D eigenvalue weighted by Crippen LogP contribution is -2.17. The Kier molecular flexibility index (Phi) is 4.90.